The zero-order valence-electron chi connectivity index (χ0n) is 10.5. The molecule has 104 valence electrons. The lowest BCUT2D eigenvalue weighted by molar-refractivity contribution is 1.09. The first kappa shape index (κ1) is 13.5. The van der Waals surface area contributed by atoms with E-state index in [1.165, 1.54) is 11.3 Å². The van der Waals surface area contributed by atoms with Crippen molar-refractivity contribution in [1.29, 1.82) is 0 Å². The van der Waals surface area contributed by atoms with Crippen molar-refractivity contribution in [2.75, 3.05) is 0 Å². The Morgan fingerprint density at radius 2 is 1.95 bits per heavy atom. The Labute approximate surface area is 140 Å². The van der Waals surface area contributed by atoms with Crippen molar-refractivity contribution >= 4 is 69.4 Å². The molecule has 1 N–H and O–H groups in total. The normalized spacial score (nSPS) is 11.6. The fourth-order valence-corrected chi connectivity index (χ4v) is 3.99. The molecule has 2 aromatic heterocycles. The van der Waals surface area contributed by atoms with Crippen LogP contribution < -0.4 is 0 Å². The highest BCUT2D eigenvalue weighted by Gasteiger charge is 2.13. The largest absolute Gasteiger partial charge is 0.333 e. The van der Waals surface area contributed by atoms with Crippen LogP contribution in [0.1, 0.15) is 0 Å². The van der Waals surface area contributed by atoms with Gasteiger partial charge >= 0.3 is 0 Å². The number of para-hydroxylation sites is 1. The van der Waals surface area contributed by atoms with Gasteiger partial charge in [0.2, 0.25) is 0 Å². The van der Waals surface area contributed by atoms with Crippen LogP contribution in [0.25, 0.3) is 32.4 Å². The summed E-state index contributed by atoms with van der Waals surface area (Å²) in [5.41, 5.74) is 4.58. The lowest BCUT2D eigenvalue weighted by atomic mass is 10.0. The Balaban J connectivity index is 2.05. The molecule has 0 saturated carbocycles. The summed E-state index contributed by atoms with van der Waals surface area (Å²) in [6, 6.07) is 9.86. The van der Waals surface area contributed by atoms with E-state index >= 15 is 0 Å². The van der Waals surface area contributed by atoms with Crippen LogP contribution in [-0.2, 0) is 0 Å². The molecule has 0 aliphatic heterocycles. The van der Waals surface area contributed by atoms with Crippen LogP contribution >= 0.6 is 48.2 Å². The fourth-order valence-electron chi connectivity index (χ4n) is 2.38. The van der Waals surface area contributed by atoms with Crippen LogP contribution in [0.4, 0.5) is 0 Å². The van der Waals surface area contributed by atoms with Crippen molar-refractivity contribution in [3.05, 3.63) is 35.4 Å². The molecule has 0 aliphatic rings. The third kappa shape index (κ3) is 2.23. The maximum absolute atomic E-state index is 6.44. The van der Waals surface area contributed by atoms with Crippen molar-refractivity contribution in [3.63, 3.8) is 0 Å². The molecule has 0 atom stereocenters. The van der Waals surface area contributed by atoms with Gasteiger partial charge in [0, 0.05) is 11.1 Å². The van der Waals surface area contributed by atoms with Gasteiger partial charge in [-0.3, -0.25) is 0 Å². The molecule has 7 heteroatoms. The van der Waals surface area contributed by atoms with Gasteiger partial charge in [-0.2, -0.15) is 0 Å². The molecule has 0 spiro atoms. The number of fused-ring (bicyclic) bond motifs is 2. The monoisotopic (exact) mass is 349 g/mol. The van der Waals surface area contributed by atoms with Crippen LogP contribution in [0, 0.1) is 0 Å². The number of hydrogen-bond acceptors (Lipinski definition) is 5. The van der Waals surface area contributed by atoms with Crippen LogP contribution in [0.3, 0.4) is 0 Å². The van der Waals surface area contributed by atoms with E-state index in [4.69, 9.17) is 11.6 Å². The summed E-state index contributed by atoms with van der Waals surface area (Å²) in [4.78, 5) is 11.9. The number of hydrogen-bond donors (Lipinski definition) is 3. The second-order valence-corrected chi connectivity index (χ2v) is 7.15. The predicted octanol–water partition coefficient (Wildman–Crippen LogP) is 5.07. The second kappa shape index (κ2) is 4.91. The summed E-state index contributed by atoms with van der Waals surface area (Å²) < 4.78 is 1.78. The highest BCUT2D eigenvalue weighted by molar-refractivity contribution is 7.83. The lowest BCUT2D eigenvalue weighted by Gasteiger charge is -2.05. The number of thiol groups is 2. The van der Waals surface area contributed by atoms with Crippen molar-refractivity contribution < 1.29 is 0 Å². The van der Waals surface area contributed by atoms with E-state index in [2.05, 4.69) is 40.2 Å². The van der Waals surface area contributed by atoms with Gasteiger partial charge in [0.05, 0.1) is 26.3 Å². The van der Waals surface area contributed by atoms with E-state index in [1.807, 2.05) is 30.3 Å². The maximum atomic E-state index is 6.44. The van der Waals surface area contributed by atoms with Crippen molar-refractivity contribution in [2.24, 2.45) is 0 Å². The quantitative estimate of drug-likeness (QED) is 0.420. The molecule has 0 amide bonds. The summed E-state index contributed by atoms with van der Waals surface area (Å²) >= 11 is 16.5. The Morgan fingerprint density at radius 1 is 1.10 bits per heavy atom. The summed E-state index contributed by atoms with van der Waals surface area (Å²) in [5.74, 6) is 0. The zero-order valence-corrected chi connectivity index (χ0v) is 13.8. The number of aromatic nitrogens is 3. The average Bonchev–Trinajstić information content (AvgIpc) is 2.97. The average molecular weight is 350 g/mol. The molecule has 0 fully saturated rings. The Morgan fingerprint density at radius 3 is 2.81 bits per heavy atom. The smallest absolute Gasteiger partial charge is 0.163 e. The number of rotatable bonds is 1. The molecule has 3 nitrogen and oxygen atoms in total. The van der Waals surface area contributed by atoms with Gasteiger partial charge in [0.1, 0.15) is 4.34 Å². The standard InChI is InChI=1S/C14H8ClN3S3/c15-8-5-10-11(21-14(20)17-10)4-7(8)6-2-1-3-9-12(6)18-13(19)16-9/h1-5H,(H,17,20)(H2,16,18,19). The third-order valence-corrected chi connectivity index (χ3v) is 4.98. The number of nitrogens with zero attached hydrogens (tertiary/aromatic N) is 2. The molecule has 4 aromatic rings. The summed E-state index contributed by atoms with van der Waals surface area (Å²) in [6.45, 7) is 0. The van der Waals surface area contributed by atoms with E-state index in [1.54, 1.807) is 0 Å². The Kier molecular flexibility index (Phi) is 3.15. The van der Waals surface area contributed by atoms with Gasteiger partial charge in [-0.05, 0) is 18.2 Å². The van der Waals surface area contributed by atoms with Crippen molar-refractivity contribution in [3.8, 4) is 11.1 Å². The van der Waals surface area contributed by atoms with Crippen molar-refractivity contribution in [2.45, 2.75) is 9.50 Å². The first-order valence-corrected chi connectivity index (χ1v) is 8.18. The number of thiazole rings is 1. The molecule has 0 bridgehead atoms. The summed E-state index contributed by atoms with van der Waals surface area (Å²) in [6.07, 6.45) is 0. The number of nitrogens with one attached hydrogen (secondary N) is 1. The van der Waals surface area contributed by atoms with Gasteiger partial charge < -0.3 is 4.98 Å². The van der Waals surface area contributed by atoms with E-state index in [0.29, 0.717) is 10.2 Å². The molecule has 0 radical (unpaired) electrons. The van der Waals surface area contributed by atoms with E-state index in [-0.39, 0.29) is 0 Å². The van der Waals surface area contributed by atoms with Crippen LogP contribution in [0.5, 0.6) is 0 Å². The first-order valence-electron chi connectivity index (χ1n) is 6.09. The van der Waals surface area contributed by atoms with Gasteiger partial charge in [-0.1, -0.05) is 23.7 Å². The molecular formula is C14H8ClN3S3. The molecular weight excluding hydrogens is 342 g/mol. The number of H-pyrrole nitrogens is 1. The third-order valence-electron chi connectivity index (χ3n) is 3.26. The first-order chi connectivity index (χ1) is 10.1. The minimum absolute atomic E-state index is 0.588. The summed E-state index contributed by atoms with van der Waals surface area (Å²) in [5, 5.41) is 1.24. The molecule has 0 unspecified atom stereocenters. The topological polar surface area (TPSA) is 41.6 Å². The van der Waals surface area contributed by atoms with Gasteiger partial charge in [0.25, 0.3) is 0 Å². The predicted molar refractivity (Wildman–Crippen MR) is 94.2 cm³/mol. The van der Waals surface area contributed by atoms with Gasteiger partial charge in [-0.25, -0.2) is 9.97 Å². The maximum Gasteiger partial charge on any atom is 0.163 e. The number of halogens is 1. The van der Waals surface area contributed by atoms with Gasteiger partial charge in [0.15, 0.2) is 5.16 Å². The molecule has 4 rings (SSSR count). The van der Waals surface area contributed by atoms with E-state index in [0.717, 1.165) is 36.7 Å². The molecule has 0 saturated heterocycles. The molecule has 2 heterocycles. The van der Waals surface area contributed by atoms with Crippen LogP contribution in [0.2, 0.25) is 5.02 Å². The van der Waals surface area contributed by atoms with Gasteiger partial charge in [-0.15, -0.1) is 36.6 Å². The second-order valence-electron chi connectivity index (χ2n) is 4.56. The zero-order chi connectivity index (χ0) is 14.6. The fraction of sp³-hybridized carbons (Fsp3) is 0. The lowest BCUT2D eigenvalue weighted by Crippen LogP contribution is -1.83. The van der Waals surface area contributed by atoms with Crippen LogP contribution in [0.15, 0.2) is 39.8 Å². The minimum Gasteiger partial charge on any atom is -0.333 e. The number of benzene rings is 2. The number of aromatic amines is 1. The highest BCUT2D eigenvalue weighted by Crippen LogP contribution is 2.37. The SMILES string of the molecule is Sc1nc2c(-c3cc4sc(S)nc4cc3Cl)cccc2[nH]1. The molecule has 21 heavy (non-hydrogen) atoms. The van der Waals surface area contributed by atoms with Crippen molar-refractivity contribution in [1.82, 2.24) is 15.0 Å². The van der Waals surface area contributed by atoms with E-state index in [9.17, 15) is 0 Å². The highest BCUT2D eigenvalue weighted by atomic mass is 35.5. The Hall–Kier alpha value is -1.21. The molecule has 2 aromatic carbocycles. The minimum atomic E-state index is 0.588. The Bertz CT molecular complexity index is 990. The number of imidazole rings is 1. The van der Waals surface area contributed by atoms with Crippen LogP contribution in [-0.4, -0.2) is 15.0 Å². The van der Waals surface area contributed by atoms with E-state index < -0.39 is 0 Å². The summed E-state index contributed by atoms with van der Waals surface area (Å²) in [7, 11) is 0. The molecule has 0 aliphatic carbocycles.